The highest BCUT2D eigenvalue weighted by molar-refractivity contribution is 5.95. The lowest BCUT2D eigenvalue weighted by atomic mass is 10.2. The third-order valence-electron chi connectivity index (χ3n) is 3.85. The fourth-order valence-corrected chi connectivity index (χ4v) is 2.45. The van der Waals surface area contributed by atoms with Gasteiger partial charge in [-0.3, -0.25) is 9.59 Å². The molecule has 1 unspecified atom stereocenters. The Labute approximate surface area is 167 Å². The van der Waals surface area contributed by atoms with Crippen LogP contribution in [0.3, 0.4) is 0 Å². The van der Waals surface area contributed by atoms with E-state index in [2.05, 4.69) is 23.6 Å². The van der Waals surface area contributed by atoms with Crippen molar-refractivity contribution in [1.29, 1.82) is 0 Å². The third kappa shape index (κ3) is 6.00. The first-order valence-electron chi connectivity index (χ1n) is 8.78. The number of rotatable bonds is 10. The molecule has 0 aliphatic rings. The Morgan fingerprint density at radius 3 is 2.59 bits per heavy atom. The Hall–Kier alpha value is -3.49. The molecule has 2 amide bonds. The SMILES string of the molecule is C=CCN(CC=C)C(=O)C(C)NC(=O)c1ccn(COc2ccc(F)cc2F)n1. The standard InChI is InChI=1S/C20H22F2N4O3/c1-4-9-25(10-5-2)20(28)14(3)23-19(27)17-8-11-26(24-17)13-29-18-7-6-15(21)12-16(18)22/h4-8,11-12,14H,1-2,9-10,13H2,3H3,(H,23,27). The van der Waals surface area contributed by atoms with Gasteiger partial charge in [0, 0.05) is 25.4 Å². The number of amides is 2. The molecule has 9 heteroatoms. The Morgan fingerprint density at radius 2 is 1.97 bits per heavy atom. The van der Waals surface area contributed by atoms with Crippen LogP contribution in [0.4, 0.5) is 8.78 Å². The van der Waals surface area contributed by atoms with E-state index in [1.54, 1.807) is 19.1 Å². The molecule has 154 valence electrons. The molecule has 2 aromatic rings. The second-order valence-corrected chi connectivity index (χ2v) is 6.10. The first kappa shape index (κ1) is 21.8. The predicted molar refractivity (Wildman–Crippen MR) is 103 cm³/mol. The number of aromatic nitrogens is 2. The number of hydrogen-bond donors (Lipinski definition) is 1. The molecule has 0 saturated carbocycles. The van der Waals surface area contributed by atoms with Crippen molar-refractivity contribution >= 4 is 11.8 Å². The Kier molecular flexibility index (Phi) is 7.64. The van der Waals surface area contributed by atoms with Crippen LogP contribution in [0.25, 0.3) is 0 Å². The van der Waals surface area contributed by atoms with Gasteiger partial charge in [0.15, 0.2) is 18.3 Å². The molecule has 2 rings (SSSR count). The Morgan fingerprint density at radius 1 is 1.28 bits per heavy atom. The minimum atomic E-state index is -0.842. The Bertz CT molecular complexity index is 888. The van der Waals surface area contributed by atoms with E-state index >= 15 is 0 Å². The molecule has 1 atom stereocenters. The van der Waals surface area contributed by atoms with Crippen molar-refractivity contribution in [3.05, 3.63) is 73.1 Å². The van der Waals surface area contributed by atoms with Crippen molar-refractivity contribution in [1.82, 2.24) is 20.0 Å². The highest BCUT2D eigenvalue weighted by atomic mass is 19.1. The normalized spacial score (nSPS) is 11.4. The molecule has 0 bridgehead atoms. The van der Waals surface area contributed by atoms with Crippen LogP contribution in [-0.2, 0) is 11.5 Å². The highest BCUT2D eigenvalue weighted by Gasteiger charge is 2.22. The monoisotopic (exact) mass is 404 g/mol. The van der Waals surface area contributed by atoms with Gasteiger partial charge in [0.05, 0.1) is 0 Å². The summed E-state index contributed by atoms with van der Waals surface area (Å²) in [6.07, 6.45) is 4.63. The van der Waals surface area contributed by atoms with Crippen LogP contribution < -0.4 is 10.1 Å². The van der Waals surface area contributed by atoms with Crippen molar-refractivity contribution < 1.29 is 23.1 Å². The number of nitrogens with zero attached hydrogens (tertiary/aromatic N) is 3. The fraction of sp³-hybridized carbons (Fsp3) is 0.250. The van der Waals surface area contributed by atoms with E-state index in [0.29, 0.717) is 19.2 Å². The molecular formula is C20H22F2N4O3. The maximum absolute atomic E-state index is 13.6. The minimum Gasteiger partial charge on any atom is -0.468 e. The number of carbonyl (C=O) groups excluding carboxylic acids is 2. The number of nitrogens with one attached hydrogen (secondary N) is 1. The molecule has 0 spiro atoms. The van der Waals surface area contributed by atoms with Gasteiger partial charge in [-0.1, -0.05) is 12.2 Å². The van der Waals surface area contributed by atoms with Gasteiger partial charge in [-0.15, -0.1) is 13.2 Å². The van der Waals surface area contributed by atoms with Gasteiger partial charge in [0.2, 0.25) is 5.91 Å². The molecule has 0 radical (unpaired) electrons. The summed E-state index contributed by atoms with van der Waals surface area (Å²) in [5.74, 6) is -2.53. The van der Waals surface area contributed by atoms with Crippen LogP contribution in [0, 0.1) is 11.6 Å². The molecule has 1 aromatic carbocycles. The molecule has 29 heavy (non-hydrogen) atoms. The molecule has 1 N–H and O–H groups in total. The highest BCUT2D eigenvalue weighted by Crippen LogP contribution is 2.17. The van der Waals surface area contributed by atoms with Crippen LogP contribution in [0.2, 0.25) is 0 Å². The van der Waals surface area contributed by atoms with E-state index in [4.69, 9.17) is 4.74 Å². The van der Waals surface area contributed by atoms with E-state index in [0.717, 1.165) is 12.1 Å². The fourth-order valence-electron chi connectivity index (χ4n) is 2.45. The molecule has 7 nitrogen and oxygen atoms in total. The van der Waals surface area contributed by atoms with Gasteiger partial charge in [-0.05, 0) is 25.1 Å². The second-order valence-electron chi connectivity index (χ2n) is 6.10. The van der Waals surface area contributed by atoms with Crippen molar-refractivity contribution in [3.8, 4) is 5.75 Å². The summed E-state index contributed by atoms with van der Waals surface area (Å²) < 4.78 is 33.0. The van der Waals surface area contributed by atoms with Gasteiger partial charge in [0.25, 0.3) is 5.91 Å². The van der Waals surface area contributed by atoms with Crippen LogP contribution in [0.15, 0.2) is 55.8 Å². The van der Waals surface area contributed by atoms with Crippen LogP contribution in [-0.4, -0.2) is 45.6 Å². The molecular weight excluding hydrogens is 382 g/mol. The zero-order chi connectivity index (χ0) is 21.4. The number of carbonyl (C=O) groups is 2. The van der Waals surface area contributed by atoms with Gasteiger partial charge in [0.1, 0.15) is 17.6 Å². The van der Waals surface area contributed by atoms with Crippen LogP contribution in [0.5, 0.6) is 5.75 Å². The molecule has 0 aliphatic heterocycles. The lowest BCUT2D eigenvalue weighted by Crippen LogP contribution is -2.47. The summed E-state index contributed by atoms with van der Waals surface area (Å²) >= 11 is 0. The molecule has 0 saturated heterocycles. The lowest BCUT2D eigenvalue weighted by Gasteiger charge is -2.23. The molecule has 0 aliphatic carbocycles. The smallest absolute Gasteiger partial charge is 0.272 e. The summed E-state index contributed by atoms with van der Waals surface area (Å²) in [6.45, 7) is 9.25. The van der Waals surface area contributed by atoms with Crippen molar-refractivity contribution in [2.75, 3.05) is 13.1 Å². The first-order valence-corrected chi connectivity index (χ1v) is 8.78. The van der Waals surface area contributed by atoms with Gasteiger partial charge < -0.3 is 15.0 Å². The summed E-state index contributed by atoms with van der Waals surface area (Å²) in [5, 5.41) is 6.61. The maximum atomic E-state index is 13.6. The quantitative estimate of drug-likeness (QED) is 0.618. The van der Waals surface area contributed by atoms with Crippen LogP contribution in [0.1, 0.15) is 17.4 Å². The predicted octanol–water partition coefficient (Wildman–Crippen LogP) is 2.52. The number of halogens is 2. The minimum absolute atomic E-state index is 0.0619. The van der Waals surface area contributed by atoms with Crippen molar-refractivity contribution in [2.45, 2.75) is 19.7 Å². The summed E-state index contributed by atoms with van der Waals surface area (Å²) in [6, 6.07) is 3.59. The van der Waals surface area contributed by atoms with E-state index in [1.807, 2.05) is 0 Å². The second kappa shape index (κ2) is 10.2. The van der Waals surface area contributed by atoms with E-state index in [1.165, 1.54) is 21.8 Å². The summed E-state index contributed by atoms with van der Waals surface area (Å²) in [7, 11) is 0. The third-order valence-corrected chi connectivity index (χ3v) is 3.85. The first-order chi connectivity index (χ1) is 13.8. The van der Waals surface area contributed by atoms with Gasteiger partial charge in [-0.2, -0.15) is 5.10 Å². The average molecular weight is 404 g/mol. The number of hydrogen-bond acceptors (Lipinski definition) is 4. The van der Waals surface area contributed by atoms with E-state index in [9.17, 15) is 18.4 Å². The number of benzene rings is 1. The van der Waals surface area contributed by atoms with Crippen LogP contribution >= 0.6 is 0 Å². The zero-order valence-electron chi connectivity index (χ0n) is 16.0. The van der Waals surface area contributed by atoms with Crippen molar-refractivity contribution in [2.24, 2.45) is 0 Å². The Balaban J connectivity index is 1.95. The van der Waals surface area contributed by atoms with E-state index in [-0.39, 0.29) is 24.1 Å². The molecule has 1 aromatic heterocycles. The van der Waals surface area contributed by atoms with Gasteiger partial charge in [-0.25, -0.2) is 13.5 Å². The average Bonchev–Trinajstić information content (AvgIpc) is 3.15. The van der Waals surface area contributed by atoms with Gasteiger partial charge >= 0.3 is 0 Å². The van der Waals surface area contributed by atoms with E-state index < -0.39 is 23.6 Å². The maximum Gasteiger partial charge on any atom is 0.272 e. The largest absolute Gasteiger partial charge is 0.468 e. The summed E-state index contributed by atoms with van der Waals surface area (Å²) in [4.78, 5) is 26.2. The lowest BCUT2D eigenvalue weighted by molar-refractivity contribution is -0.131. The number of ether oxygens (including phenoxy) is 1. The topological polar surface area (TPSA) is 76.5 Å². The molecule has 0 fully saturated rings. The summed E-state index contributed by atoms with van der Waals surface area (Å²) in [5.41, 5.74) is 0.0619. The van der Waals surface area contributed by atoms with Crippen molar-refractivity contribution in [3.63, 3.8) is 0 Å². The molecule has 1 heterocycles. The zero-order valence-corrected chi connectivity index (χ0v) is 16.0.